The van der Waals surface area contributed by atoms with Crippen molar-refractivity contribution < 1.29 is 5.11 Å². The summed E-state index contributed by atoms with van der Waals surface area (Å²) in [4.78, 5) is 0. The van der Waals surface area contributed by atoms with Gasteiger partial charge in [0, 0.05) is 17.8 Å². The lowest BCUT2D eigenvalue weighted by molar-refractivity contribution is 0.168. The van der Waals surface area contributed by atoms with Gasteiger partial charge >= 0.3 is 0 Å². The highest BCUT2D eigenvalue weighted by atomic mass is 32.2. The van der Waals surface area contributed by atoms with Gasteiger partial charge in [0.2, 0.25) is 0 Å². The Hall–Kier alpha value is -0.510. The molecule has 3 unspecified atom stereocenters. The van der Waals surface area contributed by atoms with Gasteiger partial charge in [-0.15, -0.1) is 0 Å². The molecule has 94 valence electrons. The first-order valence-electron chi connectivity index (χ1n) is 6.35. The number of aliphatic hydroxyl groups excluding tert-OH is 1. The Morgan fingerprint density at radius 2 is 2.18 bits per heavy atom. The number of thioether (sulfide) groups is 1. The van der Waals surface area contributed by atoms with E-state index in [2.05, 4.69) is 12.2 Å². The van der Waals surface area contributed by atoms with Gasteiger partial charge in [-0.25, -0.2) is 0 Å². The Kier molecular flexibility index (Phi) is 4.89. The van der Waals surface area contributed by atoms with Crippen molar-refractivity contribution in [2.24, 2.45) is 0 Å². The lowest BCUT2D eigenvalue weighted by Crippen LogP contribution is -2.41. The summed E-state index contributed by atoms with van der Waals surface area (Å²) in [6, 6.07) is 10.4. The minimum absolute atomic E-state index is 0.393. The first-order chi connectivity index (χ1) is 8.27. The molecule has 17 heavy (non-hydrogen) atoms. The third kappa shape index (κ3) is 3.73. The molecule has 1 aromatic carbocycles. The molecule has 0 aromatic heterocycles. The van der Waals surface area contributed by atoms with Gasteiger partial charge in [-0.1, -0.05) is 37.3 Å². The molecule has 0 spiro atoms. The molecule has 2 nitrogen and oxygen atoms in total. The summed E-state index contributed by atoms with van der Waals surface area (Å²) in [5.41, 5.74) is 0.996. The van der Waals surface area contributed by atoms with Crippen molar-refractivity contribution in [2.45, 2.75) is 37.2 Å². The highest BCUT2D eigenvalue weighted by Crippen LogP contribution is 2.25. The molecule has 3 heteroatoms. The van der Waals surface area contributed by atoms with E-state index in [4.69, 9.17) is 0 Å². The average Bonchev–Trinajstić information content (AvgIpc) is 2.38. The van der Waals surface area contributed by atoms with Crippen LogP contribution >= 0.6 is 11.8 Å². The van der Waals surface area contributed by atoms with Crippen molar-refractivity contribution in [3.8, 4) is 0 Å². The van der Waals surface area contributed by atoms with Crippen LogP contribution in [0.15, 0.2) is 30.3 Å². The quantitative estimate of drug-likeness (QED) is 0.862. The summed E-state index contributed by atoms with van der Waals surface area (Å²) < 4.78 is 0. The summed E-state index contributed by atoms with van der Waals surface area (Å²) in [7, 11) is 0. The molecule has 1 aliphatic rings. The largest absolute Gasteiger partial charge is 0.387 e. The van der Waals surface area contributed by atoms with Crippen LogP contribution in [0.5, 0.6) is 0 Å². The van der Waals surface area contributed by atoms with Gasteiger partial charge in [0.05, 0.1) is 6.10 Å². The van der Waals surface area contributed by atoms with Crippen molar-refractivity contribution in [1.29, 1.82) is 0 Å². The van der Waals surface area contributed by atoms with E-state index in [9.17, 15) is 5.11 Å². The maximum atomic E-state index is 10.1. The SMILES string of the molecule is CC1SCCCC1NCC(O)c1ccccc1. The molecule has 0 aliphatic carbocycles. The molecule has 0 amide bonds. The van der Waals surface area contributed by atoms with Crippen molar-refractivity contribution in [1.82, 2.24) is 5.32 Å². The average molecular weight is 251 g/mol. The van der Waals surface area contributed by atoms with Crippen LogP contribution in [0.2, 0.25) is 0 Å². The number of hydrogen-bond donors (Lipinski definition) is 2. The van der Waals surface area contributed by atoms with Crippen molar-refractivity contribution in [2.75, 3.05) is 12.3 Å². The van der Waals surface area contributed by atoms with Gasteiger partial charge < -0.3 is 10.4 Å². The summed E-state index contributed by atoms with van der Waals surface area (Å²) in [5.74, 6) is 1.28. The van der Waals surface area contributed by atoms with Gasteiger partial charge in [-0.05, 0) is 24.2 Å². The summed E-state index contributed by atoms with van der Waals surface area (Å²) in [5, 5.41) is 14.2. The fraction of sp³-hybridized carbons (Fsp3) is 0.571. The van der Waals surface area contributed by atoms with Crippen LogP contribution in [0.4, 0.5) is 0 Å². The number of aliphatic hydroxyl groups is 1. The zero-order valence-electron chi connectivity index (χ0n) is 10.3. The van der Waals surface area contributed by atoms with Crippen LogP contribution in [-0.4, -0.2) is 28.7 Å². The Morgan fingerprint density at radius 3 is 2.88 bits per heavy atom. The zero-order chi connectivity index (χ0) is 12.1. The number of rotatable bonds is 4. The van der Waals surface area contributed by atoms with Gasteiger partial charge in [0.15, 0.2) is 0 Å². The third-order valence-corrected chi connectivity index (χ3v) is 4.74. The van der Waals surface area contributed by atoms with Crippen LogP contribution in [0.25, 0.3) is 0 Å². The van der Waals surface area contributed by atoms with Gasteiger partial charge in [0.25, 0.3) is 0 Å². The summed E-state index contributed by atoms with van der Waals surface area (Å²) in [6.07, 6.45) is 2.12. The van der Waals surface area contributed by atoms with E-state index >= 15 is 0 Å². The zero-order valence-corrected chi connectivity index (χ0v) is 11.1. The predicted octanol–water partition coefficient (Wildman–Crippen LogP) is 2.59. The molecule has 0 bridgehead atoms. The van der Waals surface area contributed by atoms with E-state index in [0.717, 1.165) is 5.56 Å². The molecule has 0 saturated carbocycles. The highest BCUT2D eigenvalue weighted by Gasteiger charge is 2.21. The van der Waals surface area contributed by atoms with Crippen LogP contribution in [0.3, 0.4) is 0 Å². The smallest absolute Gasteiger partial charge is 0.0914 e. The van der Waals surface area contributed by atoms with Gasteiger partial charge in [-0.2, -0.15) is 11.8 Å². The van der Waals surface area contributed by atoms with Crippen molar-refractivity contribution >= 4 is 11.8 Å². The molecule has 2 rings (SSSR count). The summed E-state index contributed by atoms with van der Waals surface area (Å²) >= 11 is 2.03. The third-order valence-electron chi connectivity index (χ3n) is 3.36. The molecular formula is C14H21NOS. The van der Waals surface area contributed by atoms with E-state index in [1.165, 1.54) is 18.6 Å². The monoisotopic (exact) mass is 251 g/mol. The second kappa shape index (κ2) is 6.43. The molecule has 1 aliphatic heterocycles. The maximum absolute atomic E-state index is 10.1. The normalized spacial score (nSPS) is 26.7. The standard InChI is InChI=1S/C14H21NOS/c1-11-13(8-5-9-17-11)15-10-14(16)12-6-3-2-4-7-12/h2-4,6-7,11,13-16H,5,8-10H2,1H3. The van der Waals surface area contributed by atoms with E-state index in [0.29, 0.717) is 17.8 Å². The van der Waals surface area contributed by atoms with Crippen LogP contribution in [-0.2, 0) is 0 Å². The van der Waals surface area contributed by atoms with Crippen LogP contribution in [0.1, 0.15) is 31.4 Å². The minimum Gasteiger partial charge on any atom is -0.387 e. The fourth-order valence-corrected chi connectivity index (χ4v) is 3.42. The molecule has 1 saturated heterocycles. The van der Waals surface area contributed by atoms with Crippen molar-refractivity contribution in [3.05, 3.63) is 35.9 Å². The number of hydrogen-bond acceptors (Lipinski definition) is 3. The molecule has 1 heterocycles. The van der Waals surface area contributed by atoms with Gasteiger partial charge in [-0.3, -0.25) is 0 Å². The van der Waals surface area contributed by atoms with E-state index in [-0.39, 0.29) is 0 Å². The molecule has 1 aromatic rings. The number of nitrogens with one attached hydrogen (secondary N) is 1. The highest BCUT2D eigenvalue weighted by molar-refractivity contribution is 7.99. The fourth-order valence-electron chi connectivity index (χ4n) is 2.25. The first-order valence-corrected chi connectivity index (χ1v) is 7.40. The molecule has 0 radical (unpaired) electrons. The topological polar surface area (TPSA) is 32.3 Å². The Labute approximate surface area is 108 Å². The Morgan fingerprint density at radius 1 is 1.41 bits per heavy atom. The van der Waals surface area contributed by atoms with E-state index in [1.54, 1.807) is 0 Å². The molecular weight excluding hydrogens is 230 g/mol. The first kappa shape index (κ1) is 12.9. The Bertz CT molecular complexity index is 330. The Balaban J connectivity index is 1.81. The second-order valence-electron chi connectivity index (χ2n) is 4.66. The molecule has 3 atom stereocenters. The second-order valence-corrected chi connectivity index (χ2v) is 6.14. The summed E-state index contributed by atoms with van der Waals surface area (Å²) in [6.45, 7) is 2.93. The molecule has 1 fully saturated rings. The lowest BCUT2D eigenvalue weighted by Gasteiger charge is -2.30. The minimum atomic E-state index is -0.393. The van der Waals surface area contributed by atoms with Gasteiger partial charge in [0.1, 0.15) is 0 Å². The molecule has 2 N–H and O–H groups in total. The predicted molar refractivity (Wildman–Crippen MR) is 74.3 cm³/mol. The lowest BCUT2D eigenvalue weighted by atomic mass is 10.1. The van der Waals surface area contributed by atoms with Crippen LogP contribution < -0.4 is 5.32 Å². The van der Waals surface area contributed by atoms with Crippen molar-refractivity contribution in [3.63, 3.8) is 0 Å². The van der Waals surface area contributed by atoms with Crippen LogP contribution in [0, 0.1) is 0 Å². The number of benzene rings is 1. The van der Waals surface area contributed by atoms with E-state index < -0.39 is 6.10 Å². The maximum Gasteiger partial charge on any atom is 0.0914 e. The van der Waals surface area contributed by atoms with E-state index in [1.807, 2.05) is 42.1 Å².